The van der Waals surface area contributed by atoms with Crippen molar-refractivity contribution in [2.45, 2.75) is 63.4 Å². The van der Waals surface area contributed by atoms with Gasteiger partial charge in [-0.05, 0) is 71.9 Å². The summed E-state index contributed by atoms with van der Waals surface area (Å²) in [5.41, 5.74) is 3.44. The lowest BCUT2D eigenvalue weighted by Gasteiger charge is -2.39. The summed E-state index contributed by atoms with van der Waals surface area (Å²) >= 11 is 7.93. The first-order valence-corrected chi connectivity index (χ1v) is 15.8. The van der Waals surface area contributed by atoms with Gasteiger partial charge in [-0.15, -0.1) is 0 Å². The number of hydrogen-bond acceptors (Lipinski definition) is 7. The number of benzene rings is 2. The highest BCUT2D eigenvalue weighted by Gasteiger charge is 2.51. The number of rotatable bonds is 10. The molecule has 2 heterocycles. The van der Waals surface area contributed by atoms with E-state index in [1.807, 2.05) is 43.4 Å². The maximum absolute atomic E-state index is 13.6. The number of aromatic nitrogens is 2. The highest BCUT2D eigenvalue weighted by molar-refractivity contribution is 7.98. The number of hydrogen-bond donors (Lipinski definition) is 0. The predicted molar refractivity (Wildman–Crippen MR) is 170 cm³/mol. The Bertz CT molecular complexity index is 1450. The quantitative estimate of drug-likeness (QED) is 0.137. The number of nitrogens with zero attached hydrogens (tertiary/aromatic N) is 4. The zero-order chi connectivity index (χ0) is 30.1. The van der Waals surface area contributed by atoms with Crippen LogP contribution < -0.4 is 14.4 Å². The number of ether oxygens (including phenoxy) is 2. The van der Waals surface area contributed by atoms with Gasteiger partial charge >= 0.3 is 0 Å². The Labute approximate surface area is 259 Å². The van der Waals surface area contributed by atoms with E-state index in [1.165, 1.54) is 18.2 Å². The number of amides is 1. The first-order valence-electron chi connectivity index (χ1n) is 14.5. The topological polar surface area (TPSA) is 67.8 Å². The standard InChI is InChI=1S/C33H41ClN4O3S/c1-32(2)17-25-18-33(3,20-32)21-38(25)30(39)24-9-7-8-23(14-24)19-42-31-35-28(34)16-29(36-31)37(4)13-12-22-10-11-26(40-5)27(15-22)41-6/h7-11,14-16,25H,12-13,17-21H2,1-6H3. The Morgan fingerprint density at radius 1 is 1.05 bits per heavy atom. The van der Waals surface area contributed by atoms with E-state index in [-0.39, 0.29) is 16.7 Å². The summed E-state index contributed by atoms with van der Waals surface area (Å²) in [7, 11) is 5.27. The molecule has 0 spiro atoms. The van der Waals surface area contributed by atoms with E-state index in [1.54, 1.807) is 20.3 Å². The average Bonchev–Trinajstić information content (AvgIpc) is 3.22. The normalized spacial score (nSPS) is 20.8. The van der Waals surface area contributed by atoms with Crippen LogP contribution in [-0.4, -0.2) is 61.2 Å². The summed E-state index contributed by atoms with van der Waals surface area (Å²) in [6, 6.07) is 16.1. The number of thioether (sulfide) groups is 1. The van der Waals surface area contributed by atoms with E-state index < -0.39 is 0 Å². The molecule has 42 heavy (non-hydrogen) atoms. The molecule has 2 bridgehead atoms. The van der Waals surface area contributed by atoms with E-state index in [0.29, 0.717) is 33.6 Å². The Morgan fingerprint density at radius 2 is 1.83 bits per heavy atom. The minimum atomic E-state index is 0.144. The van der Waals surface area contributed by atoms with Gasteiger partial charge in [0.25, 0.3) is 5.91 Å². The Balaban J connectivity index is 1.22. The zero-order valence-electron chi connectivity index (χ0n) is 25.4. The number of likely N-dealkylation sites (tertiary alicyclic amines) is 1. The molecular weight excluding hydrogens is 568 g/mol. The average molecular weight is 609 g/mol. The van der Waals surface area contributed by atoms with Crippen molar-refractivity contribution in [1.29, 1.82) is 0 Å². The molecule has 2 aromatic carbocycles. The van der Waals surface area contributed by atoms with E-state index >= 15 is 0 Å². The number of carbonyl (C=O) groups excluding carboxylic acids is 1. The van der Waals surface area contributed by atoms with E-state index in [0.717, 1.165) is 54.9 Å². The fourth-order valence-corrected chi connectivity index (χ4v) is 7.92. The zero-order valence-corrected chi connectivity index (χ0v) is 27.0. The summed E-state index contributed by atoms with van der Waals surface area (Å²) in [6.45, 7) is 8.60. The van der Waals surface area contributed by atoms with E-state index in [2.05, 4.69) is 41.6 Å². The molecule has 5 rings (SSSR count). The van der Waals surface area contributed by atoms with E-state index in [9.17, 15) is 4.79 Å². The van der Waals surface area contributed by atoms with Crippen molar-refractivity contribution < 1.29 is 14.3 Å². The van der Waals surface area contributed by atoms with Crippen molar-refractivity contribution in [2.75, 3.05) is 39.3 Å². The van der Waals surface area contributed by atoms with Crippen LogP contribution in [0, 0.1) is 10.8 Å². The van der Waals surface area contributed by atoms with Crippen LogP contribution in [0.15, 0.2) is 53.7 Å². The molecule has 0 radical (unpaired) electrons. The maximum Gasteiger partial charge on any atom is 0.254 e. The van der Waals surface area contributed by atoms with Gasteiger partial charge < -0.3 is 19.3 Å². The van der Waals surface area contributed by atoms with Gasteiger partial charge in [-0.2, -0.15) is 0 Å². The summed E-state index contributed by atoms with van der Waals surface area (Å²) in [6.07, 6.45) is 4.15. The van der Waals surface area contributed by atoms with Gasteiger partial charge in [0.1, 0.15) is 11.0 Å². The molecule has 224 valence electrons. The second-order valence-electron chi connectivity index (χ2n) is 12.8. The van der Waals surface area contributed by atoms with Gasteiger partial charge in [-0.1, -0.05) is 62.3 Å². The van der Waals surface area contributed by atoms with Crippen LogP contribution in [0.1, 0.15) is 61.5 Å². The molecule has 0 N–H and O–H groups in total. The minimum absolute atomic E-state index is 0.144. The van der Waals surface area contributed by atoms with E-state index in [4.69, 9.17) is 26.1 Å². The van der Waals surface area contributed by atoms with Crippen LogP contribution in [0.25, 0.3) is 0 Å². The molecule has 3 aromatic rings. The lowest BCUT2D eigenvalue weighted by molar-refractivity contribution is 0.0708. The van der Waals surface area contributed by atoms with Crippen molar-refractivity contribution >= 4 is 35.1 Å². The first-order chi connectivity index (χ1) is 20.0. The number of carbonyl (C=O) groups is 1. The van der Waals surface area contributed by atoms with Gasteiger partial charge in [-0.3, -0.25) is 4.79 Å². The van der Waals surface area contributed by atoms with Crippen LogP contribution in [0.4, 0.5) is 5.82 Å². The third-order valence-electron chi connectivity index (χ3n) is 8.45. The van der Waals surface area contributed by atoms with Gasteiger partial charge in [0.15, 0.2) is 16.7 Å². The van der Waals surface area contributed by atoms with Crippen LogP contribution in [0.5, 0.6) is 11.5 Å². The Morgan fingerprint density at radius 3 is 2.60 bits per heavy atom. The van der Waals surface area contributed by atoms with Crippen molar-refractivity contribution in [3.63, 3.8) is 0 Å². The molecule has 1 aliphatic heterocycles. The predicted octanol–water partition coefficient (Wildman–Crippen LogP) is 7.16. The summed E-state index contributed by atoms with van der Waals surface area (Å²) in [4.78, 5) is 27.1. The summed E-state index contributed by atoms with van der Waals surface area (Å²) < 4.78 is 10.8. The van der Waals surface area contributed by atoms with Crippen molar-refractivity contribution in [3.05, 3.63) is 70.4 Å². The van der Waals surface area contributed by atoms with Crippen molar-refractivity contribution in [1.82, 2.24) is 14.9 Å². The van der Waals surface area contributed by atoms with Gasteiger partial charge in [-0.25, -0.2) is 9.97 Å². The highest BCUT2D eigenvalue weighted by Crippen LogP contribution is 2.52. The van der Waals surface area contributed by atoms with Crippen LogP contribution in [-0.2, 0) is 12.2 Å². The lowest BCUT2D eigenvalue weighted by atomic mass is 9.65. The van der Waals surface area contributed by atoms with Crippen molar-refractivity contribution in [3.8, 4) is 11.5 Å². The summed E-state index contributed by atoms with van der Waals surface area (Å²) in [5.74, 6) is 2.98. The molecule has 2 unspecified atom stereocenters. The van der Waals surface area contributed by atoms with Gasteiger partial charge in [0.2, 0.25) is 0 Å². The molecule has 7 nitrogen and oxygen atoms in total. The number of anilines is 1. The monoisotopic (exact) mass is 608 g/mol. The van der Waals surface area contributed by atoms with Crippen molar-refractivity contribution in [2.24, 2.45) is 10.8 Å². The second-order valence-corrected chi connectivity index (χ2v) is 14.2. The molecule has 2 atom stereocenters. The largest absolute Gasteiger partial charge is 0.493 e. The molecule has 2 aliphatic rings. The SMILES string of the molecule is COc1ccc(CCN(C)c2cc(Cl)nc(SCc3cccc(C(=O)N4CC5(C)CC4CC(C)(C)C5)c3)n2)cc1OC. The van der Waals surface area contributed by atoms with Crippen LogP contribution >= 0.6 is 23.4 Å². The van der Waals surface area contributed by atoms with Crippen LogP contribution in [0.3, 0.4) is 0 Å². The fraction of sp³-hybridized carbons (Fsp3) is 0.485. The molecule has 2 fully saturated rings. The summed E-state index contributed by atoms with van der Waals surface area (Å²) in [5, 5.41) is 1.01. The third kappa shape index (κ3) is 6.97. The number of fused-ring (bicyclic) bond motifs is 2. The van der Waals surface area contributed by atoms with Gasteiger partial charge in [0, 0.05) is 43.6 Å². The van der Waals surface area contributed by atoms with Crippen LogP contribution in [0.2, 0.25) is 5.15 Å². The second kappa shape index (κ2) is 12.3. The molecule has 1 amide bonds. The molecule has 1 aromatic heterocycles. The fourth-order valence-electron chi connectivity index (χ4n) is 6.90. The number of halogens is 1. The number of methoxy groups -OCH3 is 2. The Kier molecular flexibility index (Phi) is 8.95. The molecule has 1 saturated carbocycles. The molecule has 9 heteroatoms. The molecule has 1 aliphatic carbocycles. The van der Waals surface area contributed by atoms with Gasteiger partial charge in [0.05, 0.1) is 14.2 Å². The highest BCUT2D eigenvalue weighted by atomic mass is 35.5. The first kappa shape index (κ1) is 30.5. The number of likely N-dealkylation sites (N-methyl/N-ethyl adjacent to an activating group) is 1. The third-order valence-corrected chi connectivity index (χ3v) is 9.57. The smallest absolute Gasteiger partial charge is 0.254 e. The molecular formula is C33H41ClN4O3S. The minimum Gasteiger partial charge on any atom is -0.493 e. The lowest BCUT2D eigenvalue weighted by Crippen LogP contribution is -2.37. The maximum atomic E-state index is 13.6. The Hall–Kier alpha value is -2.97. The molecule has 1 saturated heterocycles.